The molecule has 1 aromatic rings. The summed E-state index contributed by atoms with van der Waals surface area (Å²) in [5.41, 5.74) is -1.20. The van der Waals surface area contributed by atoms with Crippen molar-refractivity contribution in [3.8, 4) is 0 Å². The number of ether oxygens (including phenoxy) is 1. The van der Waals surface area contributed by atoms with Crippen LogP contribution in [0.2, 0.25) is 0 Å². The Kier molecular flexibility index (Phi) is 7.11. The van der Waals surface area contributed by atoms with Crippen molar-refractivity contribution >= 4 is 17.3 Å². The van der Waals surface area contributed by atoms with E-state index < -0.39 is 27.2 Å². The number of unbranched alkanes of at least 4 members (excludes halogenated alkanes) is 2. The van der Waals surface area contributed by atoms with E-state index in [-0.39, 0.29) is 11.7 Å². The Morgan fingerprint density at radius 3 is 2.09 bits per heavy atom. The van der Waals surface area contributed by atoms with Crippen molar-refractivity contribution in [1.29, 1.82) is 0 Å². The lowest BCUT2D eigenvalue weighted by atomic mass is 10.1. The molecule has 0 heterocycles. The zero-order valence-electron chi connectivity index (χ0n) is 13.2. The van der Waals surface area contributed by atoms with Crippen LogP contribution in [0.3, 0.4) is 0 Å². The molecule has 0 saturated heterocycles. The SMILES string of the molecule is CCCCC[C@@H](CC)OC(=O)c1cc([N+](=O)[O-])cc([N+](=O)[O-])c1. The minimum atomic E-state index is -0.778. The molecule has 0 bridgehead atoms. The zero-order valence-corrected chi connectivity index (χ0v) is 13.2. The van der Waals surface area contributed by atoms with Crippen molar-refractivity contribution in [3.63, 3.8) is 0 Å². The van der Waals surface area contributed by atoms with Gasteiger partial charge < -0.3 is 4.74 Å². The summed E-state index contributed by atoms with van der Waals surface area (Å²) in [7, 11) is 0. The highest BCUT2D eigenvalue weighted by Gasteiger charge is 2.22. The Bertz CT molecular complexity index is 555. The molecule has 0 aliphatic heterocycles. The van der Waals surface area contributed by atoms with E-state index in [4.69, 9.17) is 4.74 Å². The van der Waals surface area contributed by atoms with E-state index in [0.29, 0.717) is 12.8 Å². The van der Waals surface area contributed by atoms with Gasteiger partial charge in [0.1, 0.15) is 6.10 Å². The first kappa shape index (κ1) is 18.5. The van der Waals surface area contributed by atoms with Crippen LogP contribution >= 0.6 is 0 Å². The van der Waals surface area contributed by atoms with E-state index >= 15 is 0 Å². The molecule has 1 rings (SSSR count). The second-order valence-corrected chi connectivity index (χ2v) is 5.18. The van der Waals surface area contributed by atoms with E-state index in [1.165, 1.54) is 0 Å². The molecule has 23 heavy (non-hydrogen) atoms. The standard InChI is InChI=1S/C15H20N2O6/c1-3-5-6-7-14(4-2)23-15(18)11-8-12(16(19)20)10-13(9-11)17(21)22/h8-10,14H,3-7H2,1-2H3/t14-/m1/s1. The van der Waals surface area contributed by atoms with Gasteiger partial charge in [0.15, 0.2) is 0 Å². The second-order valence-electron chi connectivity index (χ2n) is 5.18. The zero-order chi connectivity index (χ0) is 17.4. The van der Waals surface area contributed by atoms with Crippen molar-refractivity contribution in [2.45, 2.75) is 52.1 Å². The molecule has 0 aromatic heterocycles. The largest absolute Gasteiger partial charge is 0.459 e. The molecule has 0 aliphatic carbocycles. The lowest BCUT2D eigenvalue weighted by molar-refractivity contribution is -0.394. The highest BCUT2D eigenvalue weighted by atomic mass is 16.6. The summed E-state index contributed by atoms with van der Waals surface area (Å²) in [5.74, 6) is -0.778. The van der Waals surface area contributed by atoms with Crippen LogP contribution in [-0.4, -0.2) is 21.9 Å². The van der Waals surface area contributed by atoms with Crippen LogP contribution in [0.4, 0.5) is 11.4 Å². The Morgan fingerprint density at radius 2 is 1.65 bits per heavy atom. The van der Waals surface area contributed by atoms with Crippen LogP contribution in [0.5, 0.6) is 0 Å². The van der Waals surface area contributed by atoms with Crippen molar-refractivity contribution in [2.75, 3.05) is 0 Å². The number of carbonyl (C=O) groups excluding carboxylic acids is 1. The number of rotatable bonds is 9. The maximum absolute atomic E-state index is 12.1. The molecular weight excluding hydrogens is 304 g/mol. The van der Waals surface area contributed by atoms with Gasteiger partial charge in [-0.3, -0.25) is 20.2 Å². The Morgan fingerprint density at radius 1 is 1.09 bits per heavy atom. The number of non-ortho nitro benzene ring substituents is 2. The molecule has 0 unspecified atom stereocenters. The number of carbonyl (C=O) groups is 1. The van der Waals surface area contributed by atoms with Crippen molar-refractivity contribution < 1.29 is 19.4 Å². The van der Waals surface area contributed by atoms with E-state index in [9.17, 15) is 25.0 Å². The van der Waals surface area contributed by atoms with Crippen molar-refractivity contribution in [1.82, 2.24) is 0 Å². The molecule has 1 atom stereocenters. The van der Waals surface area contributed by atoms with Gasteiger partial charge in [0.05, 0.1) is 21.5 Å². The van der Waals surface area contributed by atoms with Gasteiger partial charge in [-0.1, -0.05) is 26.7 Å². The maximum atomic E-state index is 12.1. The average Bonchev–Trinajstić information content (AvgIpc) is 2.53. The third-order valence-electron chi connectivity index (χ3n) is 3.42. The molecule has 0 saturated carbocycles. The molecule has 1 aromatic carbocycles. The fourth-order valence-corrected chi connectivity index (χ4v) is 2.11. The predicted molar refractivity (Wildman–Crippen MR) is 83.4 cm³/mol. The first-order chi connectivity index (χ1) is 10.9. The van der Waals surface area contributed by atoms with Gasteiger partial charge in [-0.15, -0.1) is 0 Å². The lowest BCUT2D eigenvalue weighted by Crippen LogP contribution is -2.18. The fourth-order valence-electron chi connectivity index (χ4n) is 2.11. The maximum Gasteiger partial charge on any atom is 0.338 e. The minimum Gasteiger partial charge on any atom is -0.459 e. The van der Waals surface area contributed by atoms with Gasteiger partial charge in [-0.05, 0) is 19.3 Å². The number of hydrogen-bond acceptors (Lipinski definition) is 6. The third-order valence-corrected chi connectivity index (χ3v) is 3.42. The molecule has 0 spiro atoms. The van der Waals surface area contributed by atoms with Gasteiger partial charge >= 0.3 is 5.97 Å². The first-order valence-electron chi connectivity index (χ1n) is 7.53. The van der Waals surface area contributed by atoms with E-state index in [2.05, 4.69) is 6.92 Å². The Hall–Kier alpha value is -2.51. The molecule has 0 fully saturated rings. The highest BCUT2D eigenvalue weighted by molar-refractivity contribution is 5.91. The number of nitro groups is 2. The van der Waals surface area contributed by atoms with Crippen LogP contribution in [0.25, 0.3) is 0 Å². The highest BCUT2D eigenvalue weighted by Crippen LogP contribution is 2.24. The monoisotopic (exact) mass is 324 g/mol. The summed E-state index contributed by atoms with van der Waals surface area (Å²) in [6, 6.07) is 2.80. The first-order valence-corrected chi connectivity index (χ1v) is 7.53. The summed E-state index contributed by atoms with van der Waals surface area (Å²) in [6.45, 7) is 3.94. The molecular formula is C15H20N2O6. The summed E-state index contributed by atoms with van der Waals surface area (Å²) >= 11 is 0. The minimum absolute atomic E-state index is 0.181. The summed E-state index contributed by atoms with van der Waals surface area (Å²) < 4.78 is 5.32. The topological polar surface area (TPSA) is 113 Å². The number of esters is 1. The summed E-state index contributed by atoms with van der Waals surface area (Å²) in [4.78, 5) is 32.2. The van der Waals surface area contributed by atoms with Crippen LogP contribution in [-0.2, 0) is 4.74 Å². The Labute approximate surface area is 133 Å². The normalized spacial score (nSPS) is 11.7. The number of benzene rings is 1. The van der Waals surface area contributed by atoms with Gasteiger partial charge in [0.25, 0.3) is 11.4 Å². The van der Waals surface area contributed by atoms with Gasteiger partial charge in [-0.25, -0.2) is 4.79 Å². The third kappa shape index (κ3) is 5.65. The van der Waals surface area contributed by atoms with Gasteiger partial charge in [0.2, 0.25) is 0 Å². The number of hydrogen-bond donors (Lipinski definition) is 0. The van der Waals surface area contributed by atoms with Crippen molar-refractivity contribution in [3.05, 3.63) is 44.0 Å². The fraction of sp³-hybridized carbons (Fsp3) is 0.533. The quantitative estimate of drug-likeness (QED) is 0.293. The number of nitrogens with zero attached hydrogens (tertiary/aromatic N) is 2. The average molecular weight is 324 g/mol. The van der Waals surface area contributed by atoms with E-state index in [0.717, 1.165) is 37.5 Å². The molecule has 8 heteroatoms. The summed E-state index contributed by atoms with van der Waals surface area (Å²) in [5, 5.41) is 21.7. The van der Waals surface area contributed by atoms with Gasteiger partial charge in [-0.2, -0.15) is 0 Å². The molecule has 0 aliphatic rings. The molecule has 0 amide bonds. The van der Waals surface area contributed by atoms with Crippen LogP contribution in [0.15, 0.2) is 18.2 Å². The van der Waals surface area contributed by atoms with Crippen LogP contribution in [0.1, 0.15) is 56.3 Å². The second kappa shape index (κ2) is 8.82. The van der Waals surface area contributed by atoms with E-state index in [1.54, 1.807) is 0 Å². The molecule has 8 nitrogen and oxygen atoms in total. The van der Waals surface area contributed by atoms with E-state index in [1.807, 2.05) is 6.92 Å². The van der Waals surface area contributed by atoms with Crippen molar-refractivity contribution in [2.24, 2.45) is 0 Å². The molecule has 0 N–H and O–H groups in total. The molecule has 0 radical (unpaired) electrons. The smallest absolute Gasteiger partial charge is 0.338 e. The number of nitro benzene ring substituents is 2. The molecule has 126 valence electrons. The van der Waals surface area contributed by atoms with Gasteiger partial charge in [0, 0.05) is 12.1 Å². The summed E-state index contributed by atoms with van der Waals surface area (Å²) in [6.07, 6.45) is 4.00. The van der Waals surface area contributed by atoms with Crippen LogP contribution in [0, 0.1) is 20.2 Å². The van der Waals surface area contributed by atoms with Crippen LogP contribution < -0.4 is 0 Å². The predicted octanol–water partition coefficient (Wildman–Crippen LogP) is 4.02. The lowest BCUT2D eigenvalue weighted by Gasteiger charge is -2.16. The Balaban J connectivity index is 2.93.